The van der Waals surface area contributed by atoms with Gasteiger partial charge in [-0.05, 0) is 69.4 Å². The SMILES string of the molecule is CN1CCC(N[C@@H]2CC[C@@H]2NC(=O)CCc2ccc(-c3cccs3)o2)CC1. The van der Waals surface area contributed by atoms with Gasteiger partial charge in [0.15, 0.2) is 0 Å². The molecule has 2 aromatic rings. The fourth-order valence-corrected chi connectivity index (χ4v) is 4.62. The largest absolute Gasteiger partial charge is 0.460 e. The molecule has 1 aliphatic heterocycles. The van der Waals surface area contributed by atoms with E-state index in [1.807, 2.05) is 29.6 Å². The van der Waals surface area contributed by atoms with Crippen molar-refractivity contribution in [2.75, 3.05) is 20.1 Å². The van der Waals surface area contributed by atoms with E-state index >= 15 is 0 Å². The van der Waals surface area contributed by atoms with E-state index in [2.05, 4.69) is 22.6 Å². The molecule has 2 fully saturated rings. The molecule has 1 saturated heterocycles. The van der Waals surface area contributed by atoms with Crippen LogP contribution in [0.4, 0.5) is 0 Å². The van der Waals surface area contributed by atoms with Crippen molar-refractivity contribution in [1.82, 2.24) is 15.5 Å². The Kier molecular flexibility index (Phi) is 5.95. The first-order valence-electron chi connectivity index (χ1n) is 10.0. The number of thiophene rings is 1. The molecule has 6 heteroatoms. The minimum Gasteiger partial charge on any atom is -0.460 e. The summed E-state index contributed by atoms with van der Waals surface area (Å²) in [6.07, 6.45) is 5.79. The second kappa shape index (κ2) is 8.59. The van der Waals surface area contributed by atoms with Crippen molar-refractivity contribution in [2.24, 2.45) is 0 Å². The van der Waals surface area contributed by atoms with Gasteiger partial charge in [0.2, 0.25) is 5.91 Å². The van der Waals surface area contributed by atoms with Crippen LogP contribution in [-0.2, 0) is 11.2 Å². The van der Waals surface area contributed by atoms with Crippen LogP contribution in [0.1, 0.15) is 37.9 Å². The zero-order valence-electron chi connectivity index (χ0n) is 15.9. The molecule has 2 aliphatic rings. The van der Waals surface area contributed by atoms with Gasteiger partial charge < -0.3 is 20.0 Å². The number of furan rings is 1. The lowest BCUT2D eigenvalue weighted by Gasteiger charge is -2.42. The first-order chi connectivity index (χ1) is 13.2. The topological polar surface area (TPSA) is 57.5 Å². The average Bonchev–Trinajstić information content (AvgIpc) is 3.34. The molecule has 0 spiro atoms. The highest BCUT2D eigenvalue weighted by molar-refractivity contribution is 7.13. The Hall–Kier alpha value is -1.63. The van der Waals surface area contributed by atoms with Gasteiger partial charge in [-0.25, -0.2) is 0 Å². The lowest BCUT2D eigenvalue weighted by atomic mass is 9.85. The second-order valence-electron chi connectivity index (χ2n) is 7.85. The van der Waals surface area contributed by atoms with Crippen LogP contribution < -0.4 is 10.6 Å². The first-order valence-corrected chi connectivity index (χ1v) is 10.9. The number of amides is 1. The molecule has 27 heavy (non-hydrogen) atoms. The molecule has 0 aromatic carbocycles. The summed E-state index contributed by atoms with van der Waals surface area (Å²) in [4.78, 5) is 15.9. The molecule has 1 aliphatic carbocycles. The van der Waals surface area contributed by atoms with Gasteiger partial charge in [-0.15, -0.1) is 11.3 Å². The monoisotopic (exact) mass is 387 g/mol. The highest BCUT2D eigenvalue weighted by Gasteiger charge is 2.33. The van der Waals surface area contributed by atoms with Crippen molar-refractivity contribution >= 4 is 17.2 Å². The van der Waals surface area contributed by atoms with Crippen molar-refractivity contribution < 1.29 is 9.21 Å². The molecule has 5 nitrogen and oxygen atoms in total. The van der Waals surface area contributed by atoms with Gasteiger partial charge in [-0.2, -0.15) is 0 Å². The van der Waals surface area contributed by atoms with Crippen molar-refractivity contribution in [3.05, 3.63) is 35.4 Å². The maximum absolute atomic E-state index is 12.4. The van der Waals surface area contributed by atoms with Crippen LogP contribution in [0.25, 0.3) is 10.6 Å². The third-order valence-electron chi connectivity index (χ3n) is 5.81. The number of rotatable bonds is 7. The maximum atomic E-state index is 12.4. The summed E-state index contributed by atoms with van der Waals surface area (Å²) in [7, 11) is 2.19. The van der Waals surface area contributed by atoms with Crippen LogP contribution in [0.2, 0.25) is 0 Å². The number of piperidine rings is 1. The van der Waals surface area contributed by atoms with Gasteiger partial charge in [0.05, 0.1) is 4.88 Å². The maximum Gasteiger partial charge on any atom is 0.220 e. The third-order valence-corrected chi connectivity index (χ3v) is 6.70. The van der Waals surface area contributed by atoms with E-state index in [1.54, 1.807) is 11.3 Å². The highest BCUT2D eigenvalue weighted by atomic mass is 32.1. The van der Waals surface area contributed by atoms with Gasteiger partial charge >= 0.3 is 0 Å². The summed E-state index contributed by atoms with van der Waals surface area (Å²) < 4.78 is 5.87. The molecule has 3 heterocycles. The number of nitrogens with one attached hydrogen (secondary N) is 2. The van der Waals surface area contributed by atoms with Crippen LogP contribution in [-0.4, -0.2) is 49.1 Å². The van der Waals surface area contributed by atoms with E-state index < -0.39 is 0 Å². The predicted molar refractivity (Wildman–Crippen MR) is 109 cm³/mol. The van der Waals surface area contributed by atoms with Crippen molar-refractivity contribution in [2.45, 2.75) is 56.7 Å². The molecule has 2 atom stereocenters. The first kappa shape index (κ1) is 18.7. The van der Waals surface area contributed by atoms with E-state index in [0.717, 1.165) is 35.9 Å². The van der Waals surface area contributed by atoms with Crippen molar-refractivity contribution in [1.29, 1.82) is 0 Å². The minimum absolute atomic E-state index is 0.129. The standard InChI is InChI=1S/C21H29N3O2S/c1-24-12-10-15(11-13-24)22-17-6-7-18(17)23-21(25)9-5-16-4-8-19(26-16)20-3-2-14-27-20/h2-4,8,14-15,17-18,22H,5-7,9-13H2,1H3,(H,23,25)/t17-,18+/m1/s1. The van der Waals surface area contributed by atoms with E-state index in [1.165, 1.54) is 19.3 Å². The molecule has 2 aromatic heterocycles. The normalized spacial score (nSPS) is 23.9. The Morgan fingerprint density at radius 2 is 2.00 bits per heavy atom. The molecular weight excluding hydrogens is 358 g/mol. The Morgan fingerprint density at radius 3 is 2.70 bits per heavy atom. The number of nitrogens with zero attached hydrogens (tertiary/aromatic N) is 1. The Labute approximate surface area is 165 Å². The summed E-state index contributed by atoms with van der Waals surface area (Å²) in [5.74, 6) is 1.90. The van der Waals surface area contributed by atoms with Crippen molar-refractivity contribution in [3.63, 3.8) is 0 Å². The van der Waals surface area contributed by atoms with E-state index in [9.17, 15) is 4.79 Å². The van der Waals surface area contributed by atoms with E-state index in [-0.39, 0.29) is 11.9 Å². The Bertz CT molecular complexity index is 734. The van der Waals surface area contributed by atoms with Crippen LogP contribution in [0.15, 0.2) is 34.1 Å². The summed E-state index contributed by atoms with van der Waals surface area (Å²) in [6.45, 7) is 2.33. The van der Waals surface area contributed by atoms with Gasteiger partial charge in [0.25, 0.3) is 0 Å². The average molecular weight is 388 g/mol. The Balaban J connectivity index is 1.19. The molecule has 146 valence electrons. The van der Waals surface area contributed by atoms with Gasteiger partial charge in [-0.3, -0.25) is 4.79 Å². The predicted octanol–water partition coefficient (Wildman–Crippen LogP) is 3.27. The number of carbonyl (C=O) groups is 1. The van der Waals surface area contributed by atoms with E-state index in [0.29, 0.717) is 24.9 Å². The number of aryl methyl sites for hydroxylation is 1. The number of hydrogen-bond donors (Lipinski definition) is 2. The zero-order valence-corrected chi connectivity index (χ0v) is 16.8. The Morgan fingerprint density at radius 1 is 1.19 bits per heavy atom. The third kappa shape index (κ3) is 4.81. The minimum atomic E-state index is 0.129. The van der Waals surface area contributed by atoms with E-state index in [4.69, 9.17) is 4.42 Å². The van der Waals surface area contributed by atoms with Crippen LogP contribution >= 0.6 is 11.3 Å². The lowest BCUT2D eigenvalue weighted by molar-refractivity contribution is -0.122. The molecule has 1 amide bonds. The summed E-state index contributed by atoms with van der Waals surface area (Å²) in [6, 6.07) is 9.37. The molecule has 0 radical (unpaired) electrons. The molecule has 4 rings (SSSR count). The summed E-state index contributed by atoms with van der Waals surface area (Å²) >= 11 is 1.66. The highest BCUT2D eigenvalue weighted by Crippen LogP contribution is 2.27. The zero-order chi connectivity index (χ0) is 18.6. The van der Waals surface area contributed by atoms with Gasteiger partial charge in [0.1, 0.15) is 11.5 Å². The van der Waals surface area contributed by atoms with Crippen LogP contribution in [0.3, 0.4) is 0 Å². The number of hydrogen-bond acceptors (Lipinski definition) is 5. The molecule has 1 saturated carbocycles. The second-order valence-corrected chi connectivity index (χ2v) is 8.79. The fourth-order valence-electron chi connectivity index (χ4n) is 3.93. The number of carbonyl (C=O) groups excluding carboxylic acids is 1. The smallest absolute Gasteiger partial charge is 0.220 e. The molecule has 0 bridgehead atoms. The fraction of sp³-hybridized carbons (Fsp3) is 0.571. The summed E-state index contributed by atoms with van der Waals surface area (Å²) in [5.41, 5.74) is 0. The molecule has 2 N–H and O–H groups in total. The van der Waals surface area contributed by atoms with Crippen LogP contribution in [0, 0.1) is 0 Å². The summed E-state index contributed by atoms with van der Waals surface area (Å²) in [5, 5.41) is 9.02. The lowest BCUT2D eigenvalue weighted by Crippen LogP contribution is -2.60. The molecule has 0 unspecified atom stereocenters. The molecular formula is C21H29N3O2S. The van der Waals surface area contributed by atoms with Gasteiger partial charge in [0, 0.05) is 31.0 Å². The van der Waals surface area contributed by atoms with Crippen molar-refractivity contribution in [3.8, 4) is 10.6 Å². The number of likely N-dealkylation sites (tertiary alicyclic amines) is 1. The van der Waals surface area contributed by atoms with Crippen LogP contribution in [0.5, 0.6) is 0 Å². The quantitative estimate of drug-likeness (QED) is 0.766. The van der Waals surface area contributed by atoms with Gasteiger partial charge in [-0.1, -0.05) is 6.07 Å².